The minimum Gasteiger partial charge on any atom is -0.481 e. The lowest BCUT2D eigenvalue weighted by atomic mass is 10.2. The summed E-state index contributed by atoms with van der Waals surface area (Å²) in [6.45, 7) is 0. The first-order chi connectivity index (χ1) is 10.6. The normalized spacial score (nSPS) is 10.7. The van der Waals surface area contributed by atoms with Crippen molar-refractivity contribution in [1.29, 1.82) is 0 Å². The number of fused-ring (bicyclic) bond motifs is 1. The Morgan fingerprint density at radius 3 is 2.77 bits per heavy atom. The number of imidazole rings is 1. The molecule has 0 fully saturated rings. The minimum absolute atomic E-state index is 0.135. The molecule has 3 rings (SSSR count). The van der Waals surface area contributed by atoms with Crippen LogP contribution in [0.3, 0.4) is 0 Å². The number of nitrogens with zero attached hydrogens (tertiary/aromatic N) is 4. The zero-order chi connectivity index (χ0) is 15.7. The molecule has 0 unspecified atom stereocenters. The highest BCUT2D eigenvalue weighted by Gasteiger charge is 2.19. The van der Waals surface area contributed by atoms with Gasteiger partial charge in [0.1, 0.15) is 11.3 Å². The molecule has 0 aliphatic rings. The van der Waals surface area contributed by atoms with Crippen molar-refractivity contribution >= 4 is 17.3 Å². The number of carboxylic acids is 1. The Balaban J connectivity index is 2.27. The molecule has 8 heteroatoms. The SMILES string of the molecule is O=C(O)Cc1c(-c2ccccn2)nc2ccc([N+](=O)[O-])cn12. The van der Waals surface area contributed by atoms with Crippen LogP contribution in [-0.2, 0) is 11.2 Å². The van der Waals surface area contributed by atoms with Crippen molar-refractivity contribution in [2.24, 2.45) is 0 Å². The van der Waals surface area contributed by atoms with Gasteiger partial charge in [-0.25, -0.2) is 4.98 Å². The third-order valence-electron chi connectivity index (χ3n) is 3.14. The van der Waals surface area contributed by atoms with Crippen LogP contribution in [-0.4, -0.2) is 30.4 Å². The van der Waals surface area contributed by atoms with Gasteiger partial charge in [0, 0.05) is 12.3 Å². The standard InChI is InChI=1S/C14H10N4O4/c19-13(20)7-11-14(10-3-1-2-6-15-10)16-12-5-4-9(18(21)22)8-17(11)12/h1-6,8H,7H2,(H,19,20). The van der Waals surface area contributed by atoms with Crippen LogP contribution < -0.4 is 0 Å². The molecule has 0 amide bonds. The number of nitro groups is 1. The summed E-state index contributed by atoms with van der Waals surface area (Å²) < 4.78 is 1.43. The summed E-state index contributed by atoms with van der Waals surface area (Å²) in [6, 6.07) is 8.02. The van der Waals surface area contributed by atoms with Gasteiger partial charge in [-0.15, -0.1) is 0 Å². The second-order valence-corrected chi connectivity index (χ2v) is 4.57. The van der Waals surface area contributed by atoms with Crippen molar-refractivity contribution in [2.45, 2.75) is 6.42 Å². The van der Waals surface area contributed by atoms with Crippen LogP contribution in [0.4, 0.5) is 5.69 Å². The van der Waals surface area contributed by atoms with Crippen LogP contribution in [0.1, 0.15) is 5.69 Å². The van der Waals surface area contributed by atoms with Crippen molar-refractivity contribution in [3.63, 3.8) is 0 Å². The van der Waals surface area contributed by atoms with Gasteiger partial charge in [-0.3, -0.25) is 24.3 Å². The topological polar surface area (TPSA) is 111 Å². The molecule has 0 spiro atoms. The molecule has 3 aromatic rings. The van der Waals surface area contributed by atoms with E-state index in [0.717, 1.165) is 0 Å². The summed E-state index contributed by atoms with van der Waals surface area (Å²) in [5.74, 6) is -1.05. The van der Waals surface area contributed by atoms with E-state index in [1.54, 1.807) is 24.4 Å². The molecule has 0 aromatic carbocycles. The van der Waals surface area contributed by atoms with Gasteiger partial charge >= 0.3 is 5.97 Å². The number of aliphatic carboxylic acids is 1. The van der Waals surface area contributed by atoms with Crippen LogP contribution in [0.2, 0.25) is 0 Å². The van der Waals surface area contributed by atoms with Gasteiger partial charge in [0.15, 0.2) is 0 Å². The van der Waals surface area contributed by atoms with E-state index in [4.69, 9.17) is 5.11 Å². The number of carboxylic acid groups (broad SMARTS) is 1. The summed E-state index contributed by atoms with van der Waals surface area (Å²) in [7, 11) is 0. The minimum atomic E-state index is -1.05. The summed E-state index contributed by atoms with van der Waals surface area (Å²) in [6.07, 6.45) is 2.54. The Labute approximate surface area is 123 Å². The number of rotatable bonds is 4. The van der Waals surface area contributed by atoms with Gasteiger partial charge in [-0.05, 0) is 18.2 Å². The van der Waals surface area contributed by atoms with E-state index >= 15 is 0 Å². The van der Waals surface area contributed by atoms with Gasteiger partial charge in [-0.1, -0.05) is 6.07 Å². The molecule has 1 N–H and O–H groups in total. The van der Waals surface area contributed by atoms with E-state index in [1.165, 1.54) is 22.7 Å². The van der Waals surface area contributed by atoms with E-state index in [-0.39, 0.29) is 12.1 Å². The molecule has 0 aliphatic carbocycles. The number of aromatic nitrogens is 3. The third kappa shape index (κ3) is 2.37. The predicted octanol–water partition coefficient (Wildman–Crippen LogP) is 1.93. The highest BCUT2D eigenvalue weighted by molar-refractivity contribution is 5.75. The molecule has 0 saturated heterocycles. The van der Waals surface area contributed by atoms with Crippen molar-refractivity contribution < 1.29 is 14.8 Å². The summed E-state index contributed by atoms with van der Waals surface area (Å²) in [5.41, 5.74) is 1.57. The lowest BCUT2D eigenvalue weighted by molar-refractivity contribution is -0.385. The van der Waals surface area contributed by atoms with Gasteiger partial charge in [0.2, 0.25) is 0 Å². The Kier molecular flexibility index (Phi) is 3.26. The summed E-state index contributed by atoms with van der Waals surface area (Å²) in [5, 5.41) is 20.0. The number of hydrogen-bond donors (Lipinski definition) is 1. The first kappa shape index (κ1) is 13.7. The van der Waals surface area contributed by atoms with Crippen molar-refractivity contribution in [2.75, 3.05) is 0 Å². The monoisotopic (exact) mass is 298 g/mol. The quantitative estimate of drug-likeness (QED) is 0.582. The predicted molar refractivity (Wildman–Crippen MR) is 76.4 cm³/mol. The molecule has 0 aliphatic heterocycles. The Bertz CT molecular complexity index is 873. The summed E-state index contributed by atoms with van der Waals surface area (Å²) in [4.78, 5) is 30.0. The zero-order valence-corrected chi connectivity index (χ0v) is 11.2. The number of carbonyl (C=O) groups is 1. The fourth-order valence-corrected chi connectivity index (χ4v) is 2.21. The largest absolute Gasteiger partial charge is 0.481 e. The number of hydrogen-bond acceptors (Lipinski definition) is 5. The van der Waals surface area contributed by atoms with Crippen molar-refractivity contribution in [3.8, 4) is 11.4 Å². The fraction of sp³-hybridized carbons (Fsp3) is 0.0714. The fourth-order valence-electron chi connectivity index (χ4n) is 2.21. The van der Waals surface area contributed by atoms with Gasteiger partial charge in [0.25, 0.3) is 5.69 Å². The van der Waals surface area contributed by atoms with E-state index in [9.17, 15) is 14.9 Å². The van der Waals surface area contributed by atoms with Gasteiger partial charge < -0.3 is 5.11 Å². The lowest BCUT2D eigenvalue weighted by Gasteiger charge is -2.02. The first-order valence-electron chi connectivity index (χ1n) is 6.35. The smallest absolute Gasteiger partial charge is 0.309 e. The van der Waals surface area contributed by atoms with Crippen LogP contribution in [0.5, 0.6) is 0 Å². The molecule has 0 bridgehead atoms. The second-order valence-electron chi connectivity index (χ2n) is 4.57. The molecule has 0 saturated carbocycles. The molecular formula is C14H10N4O4. The molecule has 3 heterocycles. The second kappa shape index (κ2) is 5.24. The molecular weight excluding hydrogens is 288 g/mol. The average Bonchev–Trinajstić information content (AvgIpc) is 2.85. The molecule has 0 atom stereocenters. The first-order valence-corrected chi connectivity index (χ1v) is 6.35. The van der Waals surface area contributed by atoms with E-state index in [0.29, 0.717) is 22.7 Å². The highest BCUT2D eigenvalue weighted by Crippen LogP contribution is 2.25. The van der Waals surface area contributed by atoms with Crippen molar-refractivity contribution in [1.82, 2.24) is 14.4 Å². The summed E-state index contributed by atoms with van der Waals surface area (Å²) >= 11 is 0. The molecule has 8 nitrogen and oxygen atoms in total. The Morgan fingerprint density at radius 1 is 1.32 bits per heavy atom. The van der Waals surface area contributed by atoms with Crippen LogP contribution in [0.25, 0.3) is 17.0 Å². The molecule has 22 heavy (non-hydrogen) atoms. The van der Waals surface area contributed by atoms with E-state index in [2.05, 4.69) is 9.97 Å². The van der Waals surface area contributed by atoms with E-state index < -0.39 is 10.9 Å². The van der Waals surface area contributed by atoms with E-state index in [1.807, 2.05) is 0 Å². The lowest BCUT2D eigenvalue weighted by Crippen LogP contribution is -2.05. The third-order valence-corrected chi connectivity index (χ3v) is 3.14. The molecule has 0 radical (unpaired) electrons. The molecule has 3 aromatic heterocycles. The van der Waals surface area contributed by atoms with Gasteiger partial charge in [0.05, 0.1) is 28.9 Å². The zero-order valence-electron chi connectivity index (χ0n) is 11.2. The van der Waals surface area contributed by atoms with Crippen LogP contribution in [0, 0.1) is 10.1 Å². The highest BCUT2D eigenvalue weighted by atomic mass is 16.6. The Hall–Kier alpha value is -3.29. The van der Waals surface area contributed by atoms with Gasteiger partial charge in [-0.2, -0.15) is 0 Å². The average molecular weight is 298 g/mol. The maximum atomic E-state index is 11.1. The maximum Gasteiger partial charge on any atom is 0.309 e. The van der Waals surface area contributed by atoms with Crippen molar-refractivity contribution in [3.05, 3.63) is 58.5 Å². The van der Waals surface area contributed by atoms with Crippen LogP contribution in [0.15, 0.2) is 42.7 Å². The maximum absolute atomic E-state index is 11.1. The number of pyridine rings is 2. The molecule has 110 valence electrons. The van der Waals surface area contributed by atoms with Crippen LogP contribution >= 0.6 is 0 Å². The Morgan fingerprint density at radius 2 is 2.14 bits per heavy atom.